The molecule has 0 aromatic heterocycles. The van der Waals surface area contributed by atoms with Gasteiger partial charge in [-0.2, -0.15) is 0 Å². The number of carbonyl (C=O) groups excluding carboxylic acids is 1. The Morgan fingerprint density at radius 2 is 2.07 bits per heavy atom. The summed E-state index contributed by atoms with van der Waals surface area (Å²) in [4.78, 5) is 8.66. The first-order chi connectivity index (χ1) is 6.77. The van der Waals surface area contributed by atoms with Crippen LogP contribution in [0.25, 0.3) is 0 Å². The third-order valence-corrected chi connectivity index (χ3v) is 1.70. The molecule has 0 atom stereocenters. The number of rotatable bonds is 3. The Balaban J connectivity index is 0.000000791. The van der Waals surface area contributed by atoms with Crippen molar-refractivity contribution >= 4 is 17.9 Å². The van der Waals surface area contributed by atoms with Crippen molar-refractivity contribution in [2.45, 2.75) is 20.8 Å². The minimum atomic E-state index is 0.514. The summed E-state index contributed by atoms with van der Waals surface area (Å²) in [5.41, 5.74) is 0.670. The van der Waals surface area contributed by atoms with Crippen LogP contribution in [0.5, 0.6) is 5.75 Å². The van der Waals surface area contributed by atoms with Crippen molar-refractivity contribution in [2.75, 3.05) is 6.61 Å². The van der Waals surface area contributed by atoms with Crippen LogP contribution in [0.4, 0.5) is 0 Å². The van der Waals surface area contributed by atoms with Crippen LogP contribution in [0.2, 0.25) is 5.02 Å². The molecular formula is C11H16ClO2+. The summed E-state index contributed by atoms with van der Waals surface area (Å²) >= 11 is 5.83. The van der Waals surface area contributed by atoms with Crippen LogP contribution < -0.4 is 4.74 Å². The van der Waals surface area contributed by atoms with Gasteiger partial charge in [-0.3, -0.25) is 4.79 Å². The van der Waals surface area contributed by atoms with Gasteiger partial charge in [0.1, 0.15) is 5.75 Å². The number of hydrogen-bond acceptors (Lipinski definition) is 1. The van der Waals surface area contributed by atoms with E-state index in [9.17, 15) is 0 Å². The average molecular weight is 216 g/mol. The predicted octanol–water partition coefficient (Wildman–Crippen LogP) is 3.29. The van der Waals surface area contributed by atoms with Crippen LogP contribution in [0.1, 0.15) is 26.3 Å². The number of benzene rings is 1. The standard InChI is InChI=1S/C9H9ClO2.C2H6/c1-2-12-9-4-3-7(6-11)5-8(9)10;1-2/h3-6H,2H2,1H3;1-2H3/p+1. The highest BCUT2D eigenvalue weighted by atomic mass is 35.5. The summed E-state index contributed by atoms with van der Waals surface area (Å²) in [6, 6.07) is 5.11. The molecule has 0 aliphatic heterocycles. The zero-order valence-corrected chi connectivity index (χ0v) is 9.51. The molecule has 1 aromatic carbocycles. The number of aldehydes is 1. The summed E-state index contributed by atoms with van der Waals surface area (Å²) < 4.78 is 5.21. The zero-order valence-electron chi connectivity index (χ0n) is 8.75. The fourth-order valence-electron chi connectivity index (χ4n) is 0.870. The molecule has 14 heavy (non-hydrogen) atoms. The SMILES string of the molecule is CC.CCOc1ccc(C=[OH+])cc1Cl. The Morgan fingerprint density at radius 1 is 1.43 bits per heavy atom. The van der Waals surface area contributed by atoms with E-state index < -0.39 is 0 Å². The van der Waals surface area contributed by atoms with Crippen molar-refractivity contribution in [1.82, 2.24) is 0 Å². The molecule has 0 saturated heterocycles. The molecule has 1 N–H and O–H groups in total. The summed E-state index contributed by atoms with van der Waals surface area (Å²) in [6.07, 6.45) is 1.00. The molecule has 1 rings (SSSR count). The van der Waals surface area contributed by atoms with E-state index >= 15 is 0 Å². The van der Waals surface area contributed by atoms with Crippen LogP contribution in [-0.2, 0) is 0 Å². The van der Waals surface area contributed by atoms with Crippen LogP contribution in [0, 0.1) is 0 Å². The highest BCUT2D eigenvalue weighted by Crippen LogP contribution is 2.24. The van der Waals surface area contributed by atoms with Gasteiger partial charge in [-0.15, -0.1) is 0 Å². The quantitative estimate of drug-likeness (QED) is 0.562. The fourth-order valence-corrected chi connectivity index (χ4v) is 1.11. The summed E-state index contributed by atoms with van der Waals surface area (Å²) in [5.74, 6) is 0.643. The van der Waals surface area contributed by atoms with Crippen molar-refractivity contribution in [2.24, 2.45) is 0 Å². The van der Waals surface area contributed by atoms with Gasteiger partial charge in [-0.1, -0.05) is 25.4 Å². The lowest BCUT2D eigenvalue weighted by molar-refractivity contribution is 0.340. The molecule has 78 valence electrons. The third-order valence-electron chi connectivity index (χ3n) is 1.40. The maximum Gasteiger partial charge on any atom is 0.312 e. The predicted molar refractivity (Wildman–Crippen MR) is 61.1 cm³/mol. The molecule has 0 fully saturated rings. The molecule has 0 aliphatic carbocycles. The van der Waals surface area contributed by atoms with Crippen LogP contribution >= 0.6 is 11.6 Å². The van der Waals surface area contributed by atoms with E-state index in [0.29, 0.717) is 22.9 Å². The molecule has 0 aliphatic rings. The van der Waals surface area contributed by atoms with Gasteiger partial charge < -0.3 is 4.74 Å². The van der Waals surface area contributed by atoms with Gasteiger partial charge in [0.2, 0.25) is 0 Å². The molecule has 0 amide bonds. The second kappa shape index (κ2) is 7.39. The molecule has 2 nitrogen and oxygen atoms in total. The summed E-state index contributed by atoms with van der Waals surface area (Å²) in [5, 5.41) is 0.514. The fraction of sp³-hybridized carbons (Fsp3) is 0.364. The molecule has 0 heterocycles. The van der Waals surface area contributed by atoms with Gasteiger partial charge in [0.05, 0.1) is 17.2 Å². The molecule has 3 heteroatoms. The van der Waals surface area contributed by atoms with Crippen molar-refractivity contribution in [1.29, 1.82) is 0 Å². The lowest BCUT2D eigenvalue weighted by atomic mass is 10.2. The molecule has 0 spiro atoms. The van der Waals surface area contributed by atoms with Crippen molar-refractivity contribution in [3.05, 3.63) is 28.8 Å². The summed E-state index contributed by atoms with van der Waals surface area (Å²) in [7, 11) is 0. The Kier molecular flexibility index (Phi) is 6.85. The first-order valence-corrected chi connectivity index (χ1v) is 5.05. The van der Waals surface area contributed by atoms with Crippen molar-refractivity contribution < 1.29 is 9.53 Å². The van der Waals surface area contributed by atoms with E-state index in [1.54, 1.807) is 18.2 Å². The highest BCUT2D eigenvalue weighted by Gasteiger charge is 2.02. The van der Waals surface area contributed by atoms with Crippen LogP contribution in [0.15, 0.2) is 18.2 Å². The second-order valence-corrected chi connectivity index (χ2v) is 2.66. The van der Waals surface area contributed by atoms with Crippen molar-refractivity contribution in [3.63, 3.8) is 0 Å². The monoisotopic (exact) mass is 215 g/mol. The normalized spacial score (nSPS) is 8.57. The Bertz CT molecular complexity index is 285. The van der Waals surface area contributed by atoms with Gasteiger partial charge in [0.25, 0.3) is 0 Å². The minimum Gasteiger partial charge on any atom is -0.492 e. The summed E-state index contributed by atoms with van der Waals surface area (Å²) in [6.45, 7) is 6.48. The smallest absolute Gasteiger partial charge is 0.312 e. The van der Waals surface area contributed by atoms with Crippen molar-refractivity contribution in [3.8, 4) is 5.75 Å². The highest BCUT2D eigenvalue weighted by molar-refractivity contribution is 6.32. The number of halogens is 1. The lowest BCUT2D eigenvalue weighted by Crippen LogP contribution is -1.92. The molecule has 0 unspecified atom stereocenters. The van der Waals surface area contributed by atoms with Crippen LogP contribution in [-0.4, -0.2) is 17.7 Å². The van der Waals surface area contributed by atoms with Gasteiger partial charge >= 0.3 is 6.29 Å². The maximum atomic E-state index is 8.66. The van der Waals surface area contributed by atoms with Gasteiger partial charge in [-0.05, 0) is 25.1 Å². The number of hydrogen-bond donors (Lipinski definition) is 0. The largest absolute Gasteiger partial charge is 0.492 e. The molecule has 0 radical (unpaired) electrons. The zero-order chi connectivity index (χ0) is 11.0. The Labute approximate surface area is 89.8 Å². The van der Waals surface area contributed by atoms with Gasteiger partial charge in [0, 0.05) is 0 Å². The third kappa shape index (κ3) is 3.79. The molecule has 1 aromatic rings. The maximum absolute atomic E-state index is 8.66. The lowest BCUT2D eigenvalue weighted by Gasteiger charge is -2.03. The van der Waals surface area contributed by atoms with Gasteiger partial charge in [-0.25, -0.2) is 0 Å². The average Bonchev–Trinajstić information content (AvgIpc) is 2.24. The molecular weight excluding hydrogens is 200 g/mol. The topological polar surface area (TPSA) is 30.6 Å². The molecule has 0 bridgehead atoms. The Morgan fingerprint density at radius 3 is 2.50 bits per heavy atom. The van der Waals surface area contributed by atoms with E-state index in [2.05, 4.69) is 0 Å². The van der Waals surface area contributed by atoms with Gasteiger partial charge in [0.15, 0.2) is 0 Å². The first-order valence-electron chi connectivity index (χ1n) is 4.67. The molecule has 0 saturated carbocycles. The second-order valence-electron chi connectivity index (χ2n) is 2.25. The van der Waals surface area contributed by atoms with E-state index in [4.69, 9.17) is 21.1 Å². The van der Waals surface area contributed by atoms with E-state index in [0.717, 1.165) is 6.29 Å². The first kappa shape index (κ1) is 13.0. The minimum absolute atomic E-state index is 0.514. The number of ether oxygens (including phenoxy) is 1. The van der Waals surface area contributed by atoms with E-state index in [-0.39, 0.29) is 0 Å². The van der Waals surface area contributed by atoms with E-state index in [1.165, 1.54) is 0 Å². The van der Waals surface area contributed by atoms with Crippen LogP contribution in [0.3, 0.4) is 0 Å². The van der Waals surface area contributed by atoms with E-state index in [1.807, 2.05) is 20.8 Å². The Hall–Kier alpha value is -1.02.